The van der Waals surface area contributed by atoms with Crippen LogP contribution in [0.25, 0.3) is 11.5 Å². The summed E-state index contributed by atoms with van der Waals surface area (Å²) in [5.74, 6) is 1.97. The summed E-state index contributed by atoms with van der Waals surface area (Å²) in [6.45, 7) is 6.90. The highest BCUT2D eigenvalue weighted by atomic mass is 16.4. The highest BCUT2D eigenvalue weighted by molar-refractivity contribution is 5.50. The van der Waals surface area contributed by atoms with Crippen LogP contribution in [-0.2, 0) is 0 Å². The van der Waals surface area contributed by atoms with Crippen LogP contribution in [0.1, 0.15) is 38.0 Å². The van der Waals surface area contributed by atoms with Crippen molar-refractivity contribution >= 4 is 0 Å². The zero-order valence-corrected chi connectivity index (χ0v) is 10.4. The summed E-state index contributed by atoms with van der Waals surface area (Å²) >= 11 is 0. The van der Waals surface area contributed by atoms with Gasteiger partial charge in [0.25, 0.3) is 5.89 Å². The lowest BCUT2D eigenvalue weighted by Crippen LogP contribution is -2.20. The predicted molar refractivity (Wildman–Crippen MR) is 63.4 cm³/mol. The smallest absolute Gasteiger partial charge is 0.251 e. The Kier molecular flexibility index (Phi) is 3.58. The van der Waals surface area contributed by atoms with E-state index >= 15 is 0 Å². The molecular weight excluding hydrogens is 218 g/mol. The van der Waals surface area contributed by atoms with E-state index in [0.717, 1.165) is 24.3 Å². The number of hydrogen-bond donors (Lipinski definition) is 1. The van der Waals surface area contributed by atoms with Crippen molar-refractivity contribution in [2.24, 2.45) is 0 Å². The van der Waals surface area contributed by atoms with E-state index < -0.39 is 0 Å². The molecule has 0 aliphatic carbocycles. The Morgan fingerprint density at radius 2 is 2.18 bits per heavy atom. The molecule has 0 aliphatic heterocycles. The van der Waals surface area contributed by atoms with Crippen molar-refractivity contribution in [3.63, 3.8) is 0 Å². The molecular formula is C12H17N3O2. The minimum Gasteiger partial charge on any atom is -0.469 e. The van der Waals surface area contributed by atoms with E-state index in [4.69, 9.17) is 8.83 Å². The number of nitrogens with one attached hydrogen (secondary N) is 1. The highest BCUT2D eigenvalue weighted by Gasteiger charge is 2.17. The van der Waals surface area contributed by atoms with E-state index in [1.807, 2.05) is 13.0 Å². The summed E-state index contributed by atoms with van der Waals surface area (Å²) < 4.78 is 10.9. The van der Waals surface area contributed by atoms with Crippen molar-refractivity contribution in [3.05, 3.63) is 24.0 Å². The van der Waals surface area contributed by atoms with E-state index in [0.29, 0.717) is 11.8 Å². The molecule has 2 aromatic heterocycles. The van der Waals surface area contributed by atoms with Gasteiger partial charge in [0.1, 0.15) is 12.0 Å². The first kappa shape index (κ1) is 11.9. The average molecular weight is 235 g/mol. The molecule has 0 radical (unpaired) electrons. The number of furan rings is 1. The standard InChI is InChI=1S/C12H17N3O2/c1-4-10(13-5-2)12-15-14-11(17-12)9-6-8(3)16-7-9/h6-7,10,13H,4-5H2,1-3H3. The number of aryl methyl sites for hydroxylation is 1. The fourth-order valence-electron chi connectivity index (χ4n) is 1.70. The molecule has 5 nitrogen and oxygen atoms in total. The molecule has 0 aromatic carbocycles. The van der Waals surface area contributed by atoms with Crippen LogP contribution >= 0.6 is 0 Å². The molecule has 5 heteroatoms. The van der Waals surface area contributed by atoms with Gasteiger partial charge in [0.05, 0.1) is 11.6 Å². The predicted octanol–water partition coefficient (Wildman–Crippen LogP) is 2.70. The summed E-state index contributed by atoms with van der Waals surface area (Å²) in [7, 11) is 0. The van der Waals surface area contributed by atoms with Crippen molar-refractivity contribution in [1.29, 1.82) is 0 Å². The van der Waals surface area contributed by atoms with Crippen LogP contribution in [-0.4, -0.2) is 16.7 Å². The molecule has 1 atom stereocenters. The minimum absolute atomic E-state index is 0.120. The zero-order chi connectivity index (χ0) is 12.3. The Hall–Kier alpha value is -1.62. The van der Waals surface area contributed by atoms with Gasteiger partial charge in [-0.15, -0.1) is 10.2 Å². The van der Waals surface area contributed by atoms with Crippen LogP contribution in [0.3, 0.4) is 0 Å². The third kappa shape index (κ3) is 2.55. The second-order valence-electron chi connectivity index (χ2n) is 3.91. The summed E-state index contributed by atoms with van der Waals surface area (Å²) in [4.78, 5) is 0. The fraction of sp³-hybridized carbons (Fsp3) is 0.500. The Balaban J connectivity index is 2.20. The lowest BCUT2D eigenvalue weighted by atomic mass is 10.2. The first-order valence-corrected chi connectivity index (χ1v) is 5.86. The molecule has 92 valence electrons. The molecule has 17 heavy (non-hydrogen) atoms. The molecule has 0 saturated carbocycles. The van der Waals surface area contributed by atoms with Gasteiger partial charge in [-0.2, -0.15) is 0 Å². The first-order chi connectivity index (χ1) is 8.24. The fourth-order valence-corrected chi connectivity index (χ4v) is 1.70. The van der Waals surface area contributed by atoms with Crippen LogP contribution in [0.15, 0.2) is 21.2 Å². The zero-order valence-electron chi connectivity index (χ0n) is 10.4. The van der Waals surface area contributed by atoms with Crippen LogP contribution < -0.4 is 5.32 Å². The maximum absolute atomic E-state index is 5.64. The topological polar surface area (TPSA) is 64.1 Å². The van der Waals surface area contributed by atoms with Gasteiger partial charge in [-0.3, -0.25) is 0 Å². The molecule has 1 unspecified atom stereocenters. The number of aromatic nitrogens is 2. The highest BCUT2D eigenvalue weighted by Crippen LogP contribution is 2.23. The van der Waals surface area contributed by atoms with Crippen LogP contribution in [0.4, 0.5) is 0 Å². The van der Waals surface area contributed by atoms with Gasteiger partial charge in [0.2, 0.25) is 5.89 Å². The third-order valence-corrected chi connectivity index (χ3v) is 2.57. The SMILES string of the molecule is CCNC(CC)c1nnc(-c2coc(C)c2)o1. The first-order valence-electron chi connectivity index (χ1n) is 5.86. The normalized spacial score (nSPS) is 12.9. The summed E-state index contributed by atoms with van der Waals surface area (Å²) in [5.41, 5.74) is 0.826. The van der Waals surface area contributed by atoms with E-state index in [1.54, 1.807) is 6.26 Å². The van der Waals surface area contributed by atoms with Crippen molar-refractivity contribution in [3.8, 4) is 11.5 Å². The third-order valence-electron chi connectivity index (χ3n) is 2.57. The Morgan fingerprint density at radius 1 is 1.35 bits per heavy atom. The average Bonchev–Trinajstić information content (AvgIpc) is 2.94. The van der Waals surface area contributed by atoms with E-state index in [2.05, 4.69) is 29.4 Å². The largest absolute Gasteiger partial charge is 0.469 e. The molecule has 0 fully saturated rings. The second kappa shape index (κ2) is 5.14. The van der Waals surface area contributed by atoms with Gasteiger partial charge < -0.3 is 14.2 Å². The lowest BCUT2D eigenvalue weighted by molar-refractivity contribution is 0.401. The van der Waals surface area contributed by atoms with E-state index in [9.17, 15) is 0 Å². The van der Waals surface area contributed by atoms with Crippen molar-refractivity contribution < 1.29 is 8.83 Å². The summed E-state index contributed by atoms with van der Waals surface area (Å²) in [6.07, 6.45) is 2.54. The van der Waals surface area contributed by atoms with Gasteiger partial charge in [-0.1, -0.05) is 13.8 Å². The number of rotatable bonds is 5. The van der Waals surface area contributed by atoms with Crippen LogP contribution in [0.2, 0.25) is 0 Å². The number of nitrogens with zero attached hydrogens (tertiary/aromatic N) is 2. The Bertz CT molecular complexity index is 476. The Morgan fingerprint density at radius 3 is 2.76 bits per heavy atom. The molecule has 1 N–H and O–H groups in total. The van der Waals surface area contributed by atoms with Gasteiger partial charge in [0, 0.05) is 0 Å². The van der Waals surface area contributed by atoms with Crippen LogP contribution in [0.5, 0.6) is 0 Å². The number of hydrogen-bond acceptors (Lipinski definition) is 5. The molecule has 2 aromatic rings. The van der Waals surface area contributed by atoms with Gasteiger partial charge in [-0.25, -0.2) is 0 Å². The molecule has 0 amide bonds. The van der Waals surface area contributed by atoms with Crippen molar-refractivity contribution in [2.45, 2.75) is 33.2 Å². The molecule has 2 rings (SSSR count). The summed E-state index contributed by atoms with van der Waals surface area (Å²) in [6, 6.07) is 2.00. The molecule has 2 heterocycles. The van der Waals surface area contributed by atoms with Gasteiger partial charge in [-0.05, 0) is 26.0 Å². The van der Waals surface area contributed by atoms with Gasteiger partial charge >= 0.3 is 0 Å². The van der Waals surface area contributed by atoms with E-state index in [1.165, 1.54) is 0 Å². The van der Waals surface area contributed by atoms with Crippen LogP contribution in [0, 0.1) is 6.92 Å². The van der Waals surface area contributed by atoms with Crippen molar-refractivity contribution in [1.82, 2.24) is 15.5 Å². The maximum Gasteiger partial charge on any atom is 0.251 e. The molecule has 0 saturated heterocycles. The minimum atomic E-state index is 0.120. The van der Waals surface area contributed by atoms with E-state index in [-0.39, 0.29) is 6.04 Å². The molecule has 0 aliphatic rings. The monoisotopic (exact) mass is 235 g/mol. The summed E-state index contributed by atoms with van der Waals surface area (Å²) in [5, 5.41) is 11.4. The second-order valence-corrected chi connectivity index (χ2v) is 3.91. The maximum atomic E-state index is 5.64. The molecule has 0 spiro atoms. The lowest BCUT2D eigenvalue weighted by Gasteiger charge is -2.09. The molecule has 0 bridgehead atoms. The quantitative estimate of drug-likeness (QED) is 0.863. The van der Waals surface area contributed by atoms with Crippen molar-refractivity contribution in [2.75, 3.05) is 6.54 Å². The Labute approximate surface area is 100 Å². The van der Waals surface area contributed by atoms with Gasteiger partial charge in [0.15, 0.2) is 0 Å².